The van der Waals surface area contributed by atoms with Gasteiger partial charge in [-0.25, -0.2) is 4.98 Å². The Morgan fingerprint density at radius 3 is 2.62 bits per heavy atom. The Morgan fingerprint density at radius 2 is 2.19 bits per heavy atom. The first-order valence-electron chi connectivity index (χ1n) is 4.02. The van der Waals surface area contributed by atoms with E-state index in [0.717, 1.165) is 0 Å². The van der Waals surface area contributed by atoms with Crippen LogP contribution in [-0.2, 0) is 0 Å². The number of halogens is 3. The van der Waals surface area contributed by atoms with E-state index in [4.69, 9.17) is 0 Å². The number of rotatable bonds is 3. The molecule has 0 aliphatic carbocycles. The van der Waals surface area contributed by atoms with Gasteiger partial charge < -0.3 is 10.1 Å². The molecule has 0 aliphatic heterocycles. The molecule has 16 heavy (non-hydrogen) atoms. The van der Waals surface area contributed by atoms with E-state index >= 15 is 0 Å². The average molecular weight is 252 g/mol. The van der Waals surface area contributed by atoms with Gasteiger partial charge >= 0.3 is 6.18 Å². The maximum Gasteiger partial charge on any atom is 0.422 e. The summed E-state index contributed by atoms with van der Waals surface area (Å²) in [4.78, 5) is 14.1. The Hall–Kier alpha value is -1.44. The van der Waals surface area contributed by atoms with Crippen LogP contribution in [0.4, 0.5) is 23.7 Å². The molecule has 88 valence electrons. The number of hydrogen-bond acceptors (Lipinski definition) is 3. The first-order chi connectivity index (χ1) is 7.37. The fraction of sp³-hybridized carbons (Fsp3) is 0.250. The molecule has 0 radical (unpaired) electrons. The normalized spacial score (nSPS) is 11.0. The highest BCUT2D eigenvalue weighted by molar-refractivity contribution is 7.96. The molecular weight excluding hydrogens is 245 g/mol. The summed E-state index contributed by atoms with van der Waals surface area (Å²) in [5, 5.41) is 1.70. The number of alkyl halides is 3. The van der Waals surface area contributed by atoms with Crippen LogP contribution in [0.25, 0.3) is 0 Å². The Morgan fingerprint density at radius 1 is 1.50 bits per heavy atom. The molecule has 0 aliphatic rings. The maximum absolute atomic E-state index is 11.8. The zero-order chi connectivity index (χ0) is 12.2. The quantitative estimate of drug-likeness (QED) is 0.812. The summed E-state index contributed by atoms with van der Waals surface area (Å²) in [5.41, 5.74) is 0.319. The SMILES string of the molecule is O=C(S)Nc1ccc(OCC(F)(F)F)nc1. The van der Waals surface area contributed by atoms with Gasteiger partial charge in [0, 0.05) is 6.07 Å². The molecule has 0 saturated carbocycles. The molecule has 0 spiro atoms. The highest BCUT2D eigenvalue weighted by atomic mass is 32.1. The van der Waals surface area contributed by atoms with Crippen molar-refractivity contribution in [3.8, 4) is 5.88 Å². The molecule has 0 unspecified atom stereocenters. The lowest BCUT2D eigenvalue weighted by molar-refractivity contribution is -0.154. The number of ether oxygens (including phenoxy) is 1. The van der Waals surface area contributed by atoms with Gasteiger partial charge in [-0.2, -0.15) is 13.2 Å². The monoisotopic (exact) mass is 252 g/mol. The molecule has 0 fully saturated rings. The second kappa shape index (κ2) is 5.06. The molecule has 1 amide bonds. The molecular formula is C8H7F3N2O2S. The maximum atomic E-state index is 11.8. The van der Waals surface area contributed by atoms with Crippen molar-refractivity contribution >= 4 is 23.6 Å². The van der Waals surface area contributed by atoms with Crippen molar-refractivity contribution in [2.24, 2.45) is 0 Å². The lowest BCUT2D eigenvalue weighted by atomic mass is 10.4. The van der Waals surface area contributed by atoms with Gasteiger partial charge in [-0.15, -0.1) is 0 Å². The molecule has 1 rings (SSSR count). The number of carbonyl (C=O) groups excluding carboxylic acids is 1. The summed E-state index contributed by atoms with van der Waals surface area (Å²) < 4.78 is 39.7. The summed E-state index contributed by atoms with van der Waals surface area (Å²) in [6.07, 6.45) is -3.24. The minimum absolute atomic E-state index is 0.172. The van der Waals surface area contributed by atoms with Crippen LogP contribution >= 0.6 is 12.6 Å². The van der Waals surface area contributed by atoms with Crippen molar-refractivity contribution in [3.05, 3.63) is 18.3 Å². The highest BCUT2D eigenvalue weighted by Crippen LogP contribution is 2.18. The van der Waals surface area contributed by atoms with E-state index in [9.17, 15) is 18.0 Å². The number of carbonyl (C=O) groups is 1. The topological polar surface area (TPSA) is 51.2 Å². The van der Waals surface area contributed by atoms with Gasteiger partial charge in [-0.3, -0.25) is 4.79 Å². The number of nitrogens with one attached hydrogen (secondary N) is 1. The number of pyridine rings is 1. The molecule has 0 bridgehead atoms. The molecule has 1 heterocycles. The van der Waals surface area contributed by atoms with E-state index in [1.807, 2.05) is 0 Å². The van der Waals surface area contributed by atoms with Crippen LogP contribution in [0.2, 0.25) is 0 Å². The third-order valence-electron chi connectivity index (χ3n) is 1.37. The molecule has 0 aromatic carbocycles. The van der Waals surface area contributed by atoms with E-state index < -0.39 is 18.0 Å². The Kier molecular flexibility index (Phi) is 3.99. The van der Waals surface area contributed by atoms with Crippen LogP contribution in [0.1, 0.15) is 0 Å². The molecule has 1 aromatic heterocycles. The standard InChI is InChI=1S/C8H7F3N2O2S/c9-8(10,11)4-15-6-2-1-5(3-12-6)13-7(14)16/h1-3H,4H2,(H2,13,14,16). The molecule has 8 heteroatoms. The summed E-state index contributed by atoms with van der Waals surface area (Å²) >= 11 is 3.46. The molecule has 0 atom stereocenters. The molecule has 4 nitrogen and oxygen atoms in total. The van der Waals surface area contributed by atoms with Crippen molar-refractivity contribution in [2.75, 3.05) is 11.9 Å². The van der Waals surface area contributed by atoms with Crippen LogP contribution in [0.15, 0.2) is 18.3 Å². The van der Waals surface area contributed by atoms with Crippen LogP contribution in [0.3, 0.4) is 0 Å². The third kappa shape index (κ3) is 4.87. The summed E-state index contributed by atoms with van der Waals surface area (Å²) in [7, 11) is 0. The lowest BCUT2D eigenvalue weighted by Gasteiger charge is -2.08. The van der Waals surface area contributed by atoms with Crippen LogP contribution < -0.4 is 10.1 Å². The fourth-order valence-electron chi connectivity index (χ4n) is 0.819. The van der Waals surface area contributed by atoms with E-state index in [1.165, 1.54) is 18.3 Å². The first kappa shape index (κ1) is 12.6. The number of nitrogens with zero attached hydrogens (tertiary/aromatic N) is 1. The molecule has 0 saturated heterocycles. The first-order valence-corrected chi connectivity index (χ1v) is 4.47. The van der Waals surface area contributed by atoms with Gasteiger partial charge in [0.1, 0.15) is 0 Å². The Bertz CT molecular complexity index is 367. The van der Waals surface area contributed by atoms with E-state index in [2.05, 4.69) is 27.7 Å². The van der Waals surface area contributed by atoms with Gasteiger partial charge in [0.05, 0.1) is 11.9 Å². The van der Waals surface area contributed by atoms with Gasteiger partial charge in [-0.1, -0.05) is 12.6 Å². The van der Waals surface area contributed by atoms with E-state index in [1.54, 1.807) is 0 Å². The summed E-state index contributed by atoms with van der Waals surface area (Å²) in [5.74, 6) is -0.172. The highest BCUT2D eigenvalue weighted by Gasteiger charge is 2.28. The van der Waals surface area contributed by atoms with Crippen LogP contribution in [-0.4, -0.2) is 23.0 Å². The zero-order valence-corrected chi connectivity index (χ0v) is 8.68. The lowest BCUT2D eigenvalue weighted by Crippen LogP contribution is -2.19. The number of hydrogen-bond donors (Lipinski definition) is 2. The largest absolute Gasteiger partial charge is 0.468 e. The van der Waals surface area contributed by atoms with Gasteiger partial charge in [-0.05, 0) is 6.07 Å². The Balaban J connectivity index is 2.55. The van der Waals surface area contributed by atoms with Crippen molar-refractivity contribution in [3.63, 3.8) is 0 Å². The van der Waals surface area contributed by atoms with E-state index in [-0.39, 0.29) is 5.88 Å². The van der Waals surface area contributed by atoms with Crippen molar-refractivity contribution in [1.82, 2.24) is 4.98 Å². The average Bonchev–Trinajstić information content (AvgIpc) is 2.14. The zero-order valence-electron chi connectivity index (χ0n) is 7.78. The Labute approximate surface area is 94.2 Å². The number of aromatic nitrogens is 1. The number of anilines is 1. The summed E-state index contributed by atoms with van der Waals surface area (Å²) in [6.45, 7) is -1.40. The predicted octanol–water partition coefficient (Wildman–Crippen LogP) is 2.48. The minimum atomic E-state index is -4.40. The predicted molar refractivity (Wildman–Crippen MR) is 53.8 cm³/mol. The second-order valence-corrected chi connectivity index (χ2v) is 3.13. The van der Waals surface area contributed by atoms with Gasteiger partial charge in [0.15, 0.2) is 6.61 Å². The second-order valence-electron chi connectivity index (χ2n) is 2.72. The number of amides is 1. The van der Waals surface area contributed by atoms with Gasteiger partial charge in [0.2, 0.25) is 5.88 Å². The van der Waals surface area contributed by atoms with Crippen molar-refractivity contribution in [2.45, 2.75) is 6.18 Å². The third-order valence-corrected chi connectivity index (χ3v) is 1.48. The van der Waals surface area contributed by atoms with Crippen LogP contribution in [0, 0.1) is 0 Å². The summed E-state index contributed by atoms with van der Waals surface area (Å²) in [6, 6.07) is 2.57. The fourth-order valence-corrected chi connectivity index (χ4v) is 0.948. The van der Waals surface area contributed by atoms with Crippen LogP contribution in [0.5, 0.6) is 5.88 Å². The van der Waals surface area contributed by atoms with Crippen molar-refractivity contribution in [1.29, 1.82) is 0 Å². The smallest absolute Gasteiger partial charge is 0.422 e. The van der Waals surface area contributed by atoms with Gasteiger partial charge in [0.25, 0.3) is 5.24 Å². The minimum Gasteiger partial charge on any atom is -0.468 e. The van der Waals surface area contributed by atoms with Crippen molar-refractivity contribution < 1.29 is 22.7 Å². The molecule has 1 N–H and O–H groups in total. The number of thiol groups is 1. The molecule has 1 aromatic rings. The van der Waals surface area contributed by atoms with E-state index in [0.29, 0.717) is 5.69 Å².